The van der Waals surface area contributed by atoms with Crippen molar-refractivity contribution < 1.29 is 12.9 Å². The Bertz CT molecular complexity index is 872. The Morgan fingerprint density at radius 2 is 1.56 bits per heavy atom. The van der Waals surface area contributed by atoms with Crippen LogP contribution >= 0.6 is 0 Å². The molecule has 2 aliphatic heterocycles. The van der Waals surface area contributed by atoms with Gasteiger partial charge >= 0.3 is 0 Å². The van der Waals surface area contributed by atoms with Crippen molar-refractivity contribution in [2.24, 2.45) is 0 Å². The highest BCUT2D eigenvalue weighted by atomic mass is 32.2. The van der Waals surface area contributed by atoms with Crippen molar-refractivity contribution in [3.05, 3.63) is 24.4 Å². The number of piperidine rings is 1. The van der Waals surface area contributed by atoms with E-state index in [0.717, 1.165) is 30.5 Å². The number of aromatic nitrogens is 3. The molecule has 2 saturated heterocycles. The Kier molecular flexibility index (Phi) is 5.00. The second-order valence-corrected chi connectivity index (χ2v) is 8.87. The molecule has 0 unspecified atom stereocenters. The Hall–Kier alpha value is -2.20. The average Bonchev–Trinajstić information content (AvgIpc) is 3.24. The Balaban J connectivity index is 1.47. The second kappa shape index (κ2) is 7.43. The zero-order valence-electron chi connectivity index (χ0n) is 15.4. The van der Waals surface area contributed by atoms with E-state index in [0.29, 0.717) is 26.2 Å². The van der Waals surface area contributed by atoms with Crippen LogP contribution in [0.15, 0.2) is 27.9 Å². The molecule has 0 atom stereocenters. The van der Waals surface area contributed by atoms with E-state index in [4.69, 9.17) is 0 Å². The third-order valence-electron chi connectivity index (χ3n) is 5.10. The average molecular weight is 392 g/mol. The quantitative estimate of drug-likeness (QED) is 0.768. The van der Waals surface area contributed by atoms with Crippen LogP contribution in [0.2, 0.25) is 0 Å². The van der Waals surface area contributed by atoms with Gasteiger partial charge in [0.05, 0.1) is 6.20 Å². The fourth-order valence-corrected chi connectivity index (χ4v) is 4.90. The molecule has 9 nitrogen and oxygen atoms in total. The summed E-state index contributed by atoms with van der Waals surface area (Å²) in [6.07, 6.45) is 6.06. The molecule has 0 saturated carbocycles. The predicted molar refractivity (Wildman–Crippen MR) is 100 cm³/mol. The number of anilines is 2. The molecule has 146 valence electrons. The van der Waals surface area contributed by atoms with Crippen LogP contribution in [0.4, 0.5) is 11.6 Å². The Morgan fingerprint density at radius 3 is 2.15 bits per heavy atom. The molecule has 0 aromatic carbocycles. The van der Waals surface area contributed by atoms with Crippen molar-refractivity contribution in [1.82, 2.24) is 19.4 Å². The minimum Gasteiger partial charge on any atom is -0.363 e. The van der Waals surface area contributed by atoms with Gasteiger partial charge in [-0.25, -0.2) is 18.4 Å². The van der Waals surface area contributed by atoms with Crippen LogP contribution in [0.5, 0.6) is 0 Å². The molecule has 0 N–H and O–H groups in total. The molecule has 2 fully saturated rings. The fourth-order valence-electron chi connectivity index (χ4n) is 3.61. The van der Waals surface area contributed by atoms with Gasteiger partial charge in [-0.15, -0.1) is 0 Å². The summed E-state index contributed by atoms with van der Waals surface area (Å²) in [5.41, 5.74) is 0. The highest BCUT2D eigenvalue weighted by Crippen LogP contribution is 2.24. The van der Waals surface area contributed by atoms with Gasteiger partial charge in [0.2, 0.25) is 10.0 Å². The molecule has 0 amide bonds. The zero-order valence-corrected chi connectivity index (χ0v) is 16.2. The van der Waals surface area contributed by atoms with Crippen molar-refractivity contribution in [2.45, 2.75) is 31.1 Å². The van der Waals surface area contributed by atoms with Crippen molar-refractivity contribution in [3.8, 4) is 0 Å². The number of hydrogen-bond donors (Lipinski definition) is 0. The Morgan fingerprint density at radius 1 is 0.926 bits per heavy atom. The van der Waals surface area contributed by atoms with Gasteiger partial charge < -0.3 is 14.3 Å². The van der Waals surface area contributed by atoms with Gasteiger partial charge in [-0.2, -0.15) is 4.31 Å². The number of hydrogen-bond acceptors (Lipinski definition) is 8. The first kappa shape index (κ1) is 18.2. The van der Waals surface area contributed by atoms with Gasteiger partial charge in [-0.1, -0.05) is 5.16 Å². The van der Waals surface area contributed by atoms with Crippen LogP contribution < -0.4 is 9.80 Å². The third-order valence-corrected chi connectivity index (χ3v) is 6.94. The lowest BCUT2D eigenvalue weighted by atomic mass is 10.1. The molecule has 0 aliphatic carbocycles. The van der Waals surface area contributed by atoms with E-state index in [1.54, 1.807) is 0 Å². The van der Waals surface area contributed by atoms with E-state index in [1.165, 1.54) is 36.0 Å². The van der Waals surface area contributed by atoms with Crippen molar-refractivity contribution in [3.63, 3.8) is 0 Å². The van der Waals surface area contributed by atoms with Crippen LogP contribution in [0.25, 0.3) is 0 Å². The number of rotatable bonds is 4. The van der Waals surface area contributed by atoms with Crippen molar-refractivity contribution >= 4 is 21.7 Å². The lowest BCUT2D eigenvalue weighted by molar-refractivity contribution is 0.382. The topological polar surface area (TPSA) is 95.7 Å². The number of piperazine rings is 1. The van der Waals surface area contributed by atoms with Gasteiger partial charge in [0.15, 0.2) is 0 Å². The second-order valence-electron chi connectivity index (χ2n) is 6.93. The van der Waals surface area contributed by atoms with Crippen molar-refractivity contribution in [2.75, 3.05) is 49.1 Å². The van der Waals surface area contributed by atoms with Gasteiger partial charge in [0.1, 0.15) is 28.6 Å². The predicted octanol–water partition coefficient (Wildman–Crippen LogP) is 1.27. The maximum Gasteiger partial charge on any atom is 0.248 e. The molecule has 27 heavy (non-hydrogen) atoms. The van der Waals surface area contributed by atoms with Crippen LogP contribution in [0.3, 0.4) is 0 Å². The highest BCUT2D eigenvalue weighted by molar-refractivity contribution is 7.89. The highest BCUT2D eigenvalue weighted by Gasteiger charge is 2.30. The standard InChI is InChI=1S/C17H24N6O3S/c1-14-19-16(21-5-3-2-4-6-21)11-17(20-14)22-7-9-23(10-8-22)27(24,25)15-12-18-26-13-15/h11-13H,2-10H2,1H3. The molecule has 0 radical (unpaired) electrons. The molecule has 2 aliphatic rings. The maximum absolute atomic E-state index is 12.6. The van der Waals surface area contributed by atoms with E-state index in [9.17, 15) is 8.42 Å². The van der Waals surface area contributed by atoms with E-state index in [-0.39, 0.29) is 4.90 Å². The molecule has 2 aromatic rings. The normalized spacial score (nSPS) is 19.4. The summed E-state index contributed by atoms with van der Waals surface area (Å²) < 4.78 is 31.3. The van der Waals surface area contributed by atoms with Crippen LogP contribution in [0.1, 0.15) is 25.1 Å². The van der Waals surface area contributed by atoms with E-state index >= 15 is 0 Å². The van der Waals surface area contributed by atoms with Crippen molar-refractivity contribution in [1.29, 1.82) is 0 Å². The minimum absolute atomic E-state index is 0.0983. The Labute approximate surface area is 159 Å². The summed E-state index contributed by atoms with van der Waals surface area (Å²) >= 11 is 0. The lowest BCUT2D eigenvalue weighted by Crippen LogP contribution is -2.49. The SMILES string of the molecule is Cc1nc(N2CCCCC2)cc(N2CCN(S(=O)(=O)c3cnoc3)CC2)n1. The van der Waals surface area contributed by atoms with Crippen LogP contribution in [-0.2, 0) is 10.0 Å². The number of nitrogens with zero attached hydrogens (tertiary/aromatic N) is 6. The molecule has 0 bridgehead atoms. The van der Waals surface area contributed by atoms with E-state index < -0.39 is 10.0 Å². The molecular formula is C17H24N6O3S. The van der Waals surface area contributed by atoms with Gasteiger partial charge in [-0.3, -0.25) is 0 Å². The first-order chi connectivity index (χ1) is 13.0. The number of sulfonamides is 1. The fraction of sp³-hybridized carbons (Fsp3) is 0.588. The smallest absolute Gasteiger partial charge is 0.248 e. The molecular weight excluding hydrogens is 368 g/mol. The molecule has 0 spiro atoms. The van der Waals surface area contributed by atoms with Gasteiger partial charge in [0, 0.05) is 45.3 Å². The molecule has 4 rings (SSSR count). The summed E-state index contributed by atoms with van der Waals surface area (Å²) in [6, 6.07) is 2.03. The first-order valence-electron chi connectivity index (χ1n) is 9.29. The molecule has 2 aromatic heterocycles. The maximum atomic E-state index is 12.6. The lowest BCUT2D eigenvalue weighted by Gasteiger charge is -2.35. The molecule has 4 heterocycles. The minimum atomic E-state index is -3.55. The summed E-state index contributed by atoms with van der Waals surface area (Å²) in [7, 11) is -3.55. The summed E-state index contributed by atoms with van der Waals surface area (Å²) in [6.45, 7) is 5.93. The third kappa shape index (κ3) is 3.77. The molecule has 10 heteroatoms. The first-order valence-corrected chi connectivity index (χ1v) is 10.7. The van der Waals surface area contributed by atoms with Crippen LogP contribution in [0, 0.1) is 6.92 Å². The summed E-state index contributed by atoms with van der Waals surface area (Å²) in [5, 5.41) is 3.50. The largest absolute Gasteiger partial charge is 0.363 e. The monoisotopic (exact) mass is 392 g/mol. The van der Waals surface area contributed by atoms with Crippen LogP contribution in [-0.4, -0.2) is 67.1 Å². The summed E-state index contributed by atoms with van der Waals surface area (Å²) in [4.78, 5) is 13.7. The zero-order chi connectivity index (χ0) is 18.9. The van der Waals surface area contributed by atoms with Gasteiger partial charge in [0.25, 0.3) is 0 Å². The van der Waals surface area contributed by atoms with E-state index in [1.807, 2.05) is 13.0 Å². The van der Waals surface area contributed by atoms with E-state index in [2.05, 4.69) is 29.4 Å². The number of aryl methyl sites for hydroxylation is 1. The van der Waals surface area contributed by atoms with Gasteiger partial charge in [-0.05, 0) is 26.2 Å². The summed E-state index contributed by atoms with van der Waals surface area (Å²) in [5.74, 6) is 2.58.